The number of benzene rings is 1. The molecule has 3 aromatic rings. The lowest BCUT2D eigenvalue weighted by atomic mass is 9.91. The Morgan fingerprint density at radius 3 is 2.87 bits per heavy atom. The van der Waals surface area contributed by atoms with E-state index in [9.17, 15) is 4.79 Å². The molecule has 1 atom stereocenters. The lowest BCUT2D eigenvalue weighted by Gasteiger charge is -2.33. The molecule has 0 bridgehead atoms. The smallest absolute Gasteiger partial charge is 0.321 e. The highest BCUT2D eigenvalue weighted by atomic mass is 35.5. The molecular weight excluding hydrogens is 412 g/mol. The summed E-state index contributed by atoms with van der Waals surface area (Å²) in [6.45, 7) is 3.49. The van der Waals surface area contributed by atoms with Gasteiger partial charge in [0.15, 0.2) is 0 Å². The van der Waals surface area contributed by atoms with Crippen LogP contribution in [-0.4, -0.2) is 34.0 Å². The van der Waals surface area contributed by atoms with Gasteiger partial charge in [0.1, 0.15) is 5.75 Å². The first-order valence-electron chi connectivity index (χ1n) is 10.1. The summed E-state index contributed by atoms with van der Waals surface area (Å²) >= 11 is 5.88. The second kappa shape index (κ2) is 9.62. The number of aromatic nitrogens is 2. The van der Waals surface area contributed by atoms with Crippen molar-refractivity contribution in [1.82, 2.24) is 14.9 Å². The Bertz CT molecular complexity index is 1070. The third kappa shape index (κ3) is 5.61. The van der Waals surface area contributed by atoms with Crippen molar-refractivity contribution in [1.29, 1.82) is 0 Å². The van der Waals surface area contributed by atoms with Gasteiger partial charge in [-0.3, -0.25) is 4.98 Å². The van der Waals surface area contributed by atoms with E-state index >= 15 is 0 Å². The average molecular weight is 435 g/mol. The molecule has 0 saturated carbocycles. The Morgan fingerprint density at radius 1 is 1.23 bits per heavy atom. The first-order valence-corrected chi connectivity index (χ1v) is 10.5. The van der Waals surface area contributed by atoms with E-state index in [0.717, 1.165) is 12.0 Å². The fourth-order valence-electron chi connectivity index (χ4n) is 3.51. The van der Waals surface area contributed by atoms with Gasteiger partial charge in [0, 0.05) is 31.5 Å². The number of hydrogen-bond donors (Lipinski definition) is 1. The van der Waals surface area contributed by atoms with Crippen LogP contribution in [0.15, 0.2) is 72.7 Å². The van der Waals surface area contributed by atoms with Crippen molar-refractivity contribution in [3.63, 3.8) is 0 Å². The van der Waals surface area contributed by atoms with Crippen LogP contribution in [0.5, 0.6) is 11.6 Å². The van der Waals surface area contributed by atoms with Gasteiger partial charge in [-0.25, -0.2) is 9.78 Å². The minimum atomic E-state index is -0.0928. The van der Waals surface area contributed by atoms with Crippen molar-refractivity contribution in [2.45, 2.75) is 13.3 Å². The zero-order valence-corrected chi connectivity index (χ0v) is 17.9. The number of carbonyl (C=O) groups excluding carboxylic acids is 1. The van der Waals surface area contributed by atoms with Gasteiger partial charge in [0.2, 0.25) is 5.88 Å². The summed E-state index contributed by atoms with van der Waals surface area (Å²) < 4.78 is 5.83. The van der Waals surface area contributed by atoms with Gasteiger partial charge in [-0.1, -0.05) is 42.3 Å². The van der Waals surface area contributed by atoms with E-state index in [1.807, 2.05) is 35.2 Å². The number of piperidine rings is 1. The van der Waals surface area contributed by atoms with Gasteiger partial charge in [-0.2, -0.15) is 0 Å². The van der Waals surface area contributed by atoms with Gasteiger partial charge < -0.3 is 15.0 Å². The molecule has 7 heteroatoms. The highest BCUT2D eigenvalue weighted by Gasteiger charge is 2.24. The van der Waals surface area contributed by atoms with Gasteiger partial charge in [0.05, 0.1) is 16.9 Å². The van der Waals surface area contributed by atoms with E-state index in [0.29, 0.717) is 35.4 Å². The molecule has 31 heavy (non-hydrogen) atoms. The van der Waals surface area contributed by atoms with Crippen molar-refractivity contribution in [3.05, 3.63) is 83.3 Å². The minimum absolute atomic E-state index is 0.0928. The molecule has 0 spiro atoms. The quantitative estimate of drug-likeness (QED) is 0.556. The van der Waals surface area contributed by atoms with Crippen LogP contribution in [0.2, 0.25) is 5.02 Å². The molecule has 0 radical (unpaired) electrons. The fourth-order valence-corrected chi connectivity index (χ4v) is 3.62. The van der Waals surface area contributed by atoms with Crippen LogP contribution < -0.4 is 10.1 Å². The molecule has 1 N–H and O–H groups in total. The molecule has 1 aliphatic heterocycles. The van der Waals surface area contributed by atoms with Crippen molar-refractivity contribution in [2.24, 2.45) is 5.92 Å². The zero-order valence-electron chi connectivity index (χ0n) is 17.2. The molecular formula is C24H23ClN4O2. The molecule has 1 aliphatic rings. The monoisotopic (exact) mass is 434 g/mol. The molecule has 2 aromatic heterocycles. The Hall–Kier alpha value is -3.38. The molecule has 0 aliphatic carbocycles. The van der Waals surface area contributed by atoms with Gasteiger partial charge in [0.25, 0.3) is 0 Å². The Labute approximate surface area is 186 Å². The van der Waals surface area contributed by atoms with E-state index in [1.54, 1.807) is 36.8 Å². The normalized spacial score (nSPS) is 17.4. The van der Waals surface area contributed by atoms with Crippen LogP contribution >= 0.6 is 11.6 Å². The number of urea groups is 1. The first-order chi connectivity index (χ1) is 15.1. The van der Waals surface area contributed by atoms with Gasteiger partial charge in [-0.05, 0) is 48.2 Å². The molecule has 1 saturated heterocycles. The lowest BCUT2D eigenvalue weighted by molar-refractivity contribution is 0.198. The van der Waals surface area contributed by atoms with Crippen LogP contribution in [0, 0.1) is 5.92 Å². The maximum Gasteiger partial charge on any atom is 0.321 e. The number of hydrogen-bond acceptors (Lipinski definition) is 4. The summed E-state index contributed by atoms with van der Waals surface area (Å²) in [7, 11) is 0. The second-order valence-electron chi connectivity index (χ2n) is 7.48. The fraction of sp³-hybridized carbons (Fsp3) is 0.208. The van der Waals surface area contributed by atoms with Crippen LogP contribution in [0.25, 0.3) is 6.08 Å². The lowest BCUT2D eigenvalue weighted by Crippen LogP contribution is -2.42. The highest BCUT2D eigenvalue weighted by Crippen LogP contribution is 2.27. The first kappa shape index (κ1) is 20.9. The van der Waals surface area contributed by atoms with E-state index in [2.05, 4.69) is 28.3 Å². The molecule has 1 unspecified atom stereocenters. The standard InChI is InChI=1S/C24H23ClN4O2/c1-17-16-29(24(30)28-21-5-3-10-26-15-21)11-9-19(17)12-18-4-2-6-22(13-18)31-23-8-7-20(25)14-27-23/h2-8,10,12-15,17H,9,11,16H2,1H3,(H,28,30)/b19-12+. The van der Waals surface area contributed by atoms with Crippen LogP contribution in [0.4, 0.5) is 10.5 Å². The Kier molecular flexibility index (Phi) is 6.48. The number of nitrogens with one attached hydrogen (secondary N) is 1. The Balaban J connectivity index is 1.39. The number of anilines is 1. The molecule has 1 aromatic carbocycles. The van der Waals surface area contributed by atoms with Crippen molar-refractivity contribution in [2.75, 3.05) is 18.4 Å². The molecule has 6 nitrogen and oxygen atoms in total. The van der Waals surface area contributed by atoms with E-state index in [1.165, 1.54) is 5.57 Å². The van der Waals surface area contributed by atoms with Crippen LogP contribution in [0.3, 0.4) is 0 Å². The molecule has 2 amide bonds. The summed E-state index contributed by atoms with van der Waals surface area (Å²) in [5.41, 5.74) is 3.07. The number of nitrogens with zero attached hydrogens (tertiary/aromatic N) is 3. The maximum absolute atomic E-state index is 12.6. The van der Waals surface area contributed by atoms with E-state index in [-0.39, 0.29) is 11.9 Å². The van der Waals surface area contributed by atoms with Crippen LogP contribution in [-0.2, 0) is 0 Å². The maximum atomic E-state index is 12.6. The average Bonchev–Trinajstić information content (AvgIpc) is 2.78. The summed E-state index contributed by atoms with van der Waals surface area (Å²) in [4.78, 5) is 22.6. The summed E-state index contributed by atoms with van der Waals surface area (Å²) in [5, 5.41) is 3.47. The van der Waals surface area contributed by atoms with E-state index in [4.69, 9.17) is 16.3 Å². The number of halogens is 1. The van der Waals surface area contributed by atoms with Crippen LogP contribution in [0.1, 0.15) is 18.9 Å². The third-order valence-electron chi connectivity index (χ3n) is 5.13. The van der Waals surface area contributed by atoms with Crippen molar-refractivity contribution in [3.8, 4) is 11.6 Å². The second-order valence-corrected chi connectivity index (χ2v) is 7.91. The predicted molar refractivity (Wildman–Crippen MR) is 122 cm³/mol. The number of pyridine rings is 2. The topological polar surface area (TPSA) is 67.4 Å². The number of amides is 2. The number of likely N-dealkylation sites (tertiary alicyclic amines) is 1. The minimum Gasteiger partial charge on any atom is -0.439 e. The molecule has 158 valence electrons. The number of ether oxygens (including phenoxy) is 1. The molecule has 3 heterocycles. The SMILES string of the molecule is CC1CN(C(=O)Nc2cccnc2)CC/C1=C\c1cccc(Oc2ccc(Cl)cn2)c1. The number of carbonyl (C=O) groups is 1. The summed E-state index contributed by atoms with van der Waals surface area (Å²) in [5.74, 6) is 1.47. The van der Waals surface area contributed by atoms with Gasteiger partial charge in [-0.15, -0.1) is 0 Å². The predicted octanol–water partition coefficient (Wildman–Crippen LogP) is 5.88. The number of rotatable bonds is 4. The Morgan fingerprint density at radius 2 is 2.13 bits per heavy atom. The molecule has 1 fully saturated rings. The van der Waals surface area contributed by atoms with Crippen molar-refractivity contribution >= 4 is 29.4 Å². The highest BCUT2D eigenvalue weighted by molar-refractivity contribution is 6.30. The molecule has 4 rings (SSSR count). The third-order valence-corrected chi connectivity index (χ3v) is 5.35. The van der Waals surface area contributed by atoms with Crippen molar-refractivity contribution < 1.29 is 9.53 Å². The van der Waals surface area contributed by atoms with Gasteiger partial charge >= 0.3 is 6.03 Å². The summed E-state index contributed by atoms with van der Waals surface area (Å²) in [6.07, 6.45) is 7.89. The largest absolute Gasteiger partial charge is 0.439 e. The van der Waals surface area contributed by atoms with E-state index < -0.39 is 0 Å². The zero-order chi connectivity index (χ0) is 21.6. The summed E-state index contributed by atoms with van der Waals surface area (Å²) in [6, 6.07) is 14.9.